The second-order valence-electron chi connectivity index (χ2n) is 6.93. The van der Waals surface area contributed by atoms with E-state index in [1.165, 1.54) is 27.9 Å². The Labute approximate surface area is 137 Å². The molecular weight excluding hydrogens is 284 g/mol. The summed E-state index contributed by atoms with van der Waals surface area (Å²) in [5, 5.41) is 0. The van der Waals surface area contributed by atoms with Crippen LogP contribution in [0.15, 0.2) is 42.5 Å². The van der Waals surface area contributed by atoms with Crippen LogP contribution < -0.4 is 4.90 Å². The summed E-state index contributed by atoms with van der Waals surface area (Å²) in [5.74, 6) is 0.313. The Morgan fingerprint density at radius 2 is 1.48 bits per heavy atom. The van der Waals surface area contributed by atoms with Crippen LogP contribution in [0.3, 0.4) is 0 Å². The Bertz CT molecular complexity index is 741. The molecule has 0 saturated carbocycles. The molecule has 2 aliphatic rings. The largest absolute Gasteiger partial charge is 0.363 e. The molecule has 4 rings (SSSR count). The zero-order valence-electron chi connectivity index (χ0n) is 13.7. The van der Waals surface area contributed by atoms with Crippen LogP contribution in [0.4, 0.5) is 5.69 Å². The molecule has 0 atom stereocenters. The van der Waals surface area contributed by atoms with Gasteiger partial charge in [0.25, 0.3) is 0 Å². The van der Waals surface area contributed by atoms with Crippen LogP contribution in [0.1, 0.15) is 36.1 Å². The Morgan fingerprint density at radius 1 is 0.870 bits per heavy atom. The normalized spacial score (nSPS) is 16.0. The summed E-state index contributed by atoms with van der Waals surface area (Å²) in [5.41, 5.74) is 6.69. The number of benzene rings is 2. The predicted octanol–water partition coefficient (Wildman–Crippen LogP) is 3.71. The summed E-state index contributed by atoms with van der Waals surface area (Å²) in [7, 11) is 0. The van der Waals surface area contributed by atoms with Crippen molar-refractivity contribution in [3.8, 4) is 0 Å². The fourth-order valence-corrected chi connectivity index (χ4v) is 3.61. The molecule has 2 aromatic carbocycles. The Balaban J connectivity index is 1.55. The van der Waals surface area contributed by atoms with Gasteiger partial charge in [-0.3, -0.25) is 4.79 Å². The maximum absolute atomic E-state index is 12.2. The summed E-state index contributed by atoms with van der Waals surface area (Å²) in [6, 6.07) is 15.3. The van der Waals surface area contributed by atoms with Crippen molar-refractivity contribution in [1.82, 2.24) is 4.90 Å². The minimum Gasteiger partial charge on any atom is -0.363 e. The van der Waals surface area contributed by atoms with E-state index in [2.05, 4.69) is 47.4 Å². The lowest BCUT2D eigenvalue weighted by Gasteiger charge is -2.19. The summed E-state index contributed by atoms with van der Waals surface area (Å²) in [4.78, 5) is 16.6. The van der Waals surface area contributed by atoms with Crippen molar-refractivity contribution in [2.45, 2.75) is 40.0 Å². The maximum atomic E-state index is 12.2. The Hall–Kier alpha value is -2.29. The molecule has 0 spiro atoms. The monoisotopic (exact) mass is 306 g/mol. The van der Waals surface area contributed by atoms with E-state index in [-0.39, 0.29) is 11.8 Å². The van der Waals surface area contributed by atoms with Gasteiger partial charge in [0, 0.05) is 37.8 Å². The van der Waals surface area contributed by atoms with Crippen molar-refractivity contribution in [2.24, 2.45) is 5.92 Å². The van der Waals surface area contributed by atoms with Gasteiger partial charge in [0.1, 0.15) is 0 Å². The molecule has 1 amide bonds. The molecule has 2 aromatic rings. The number of carbonyl (C=O) groups excluding carboxylic acids is 1. The highest BCUT2D eigenvalue weighted by Gasteiger charge is 2.26. The van der Waals surface area contributed by atoms with E-state index in [1.807, 2.05) is 18.7 Å². The van der Waals surface area contributed by atoms with Crippen molar-refractivity contribution < 1.29 is 4.79 Å². The molecule has 0 saturated heterocycles. The molecule has 3 heteroatoms. The lowest BCUT2D eigenvalue weighted by molar-refractivity contribution is -0.135. The van der Waals surface area contributed by atoms with Crippen molar-refractivity contribution in [1.29, 1.82) is 0 Å². The minimum absolute atomic E-state index is 0.0665. The molecule has 0 fully saturated rings. The van der Waals surface area contributed by atoms with Gasteiger partial charge in [-0.1, -0.05) is 44.2 Å². The first-order valence-electron chi connectivity index (χ1n) is 8.34. The number of carbonyl (C=O) groups is 1. The quantitative estimate of drug-likeness (QED) is 0.844. The van der Waals surface area contributed by atoms with Gasteiger partial charge in [0.15, 0.2) is 0 Å². The lowest BCUT2D eigenvalue weighted by atomic mass is 10.1. The van der Waals surface area contributed by atoms with Crippen LogP contribution in [0.2, 0.25) is 0 Å². The van der Waals surface area contributed by atoms with Crippen molar-refractivity contribution in [3.05, 3.63) is 64.7 Å². The lowest BCUT2D eigenvalue weighted by Crippen LogP contribution is -2.29. The summed E-state index contributed by atoms with van der Waals surface area (Å²) >= 11 is 0. The van der Waals surface area contributed by atoms with E-state index >= 15 is 0 Å². The first kappa shape index (κ1) is 14.3. The highest BCUT2D eigenvalue weighted by molar-refractivity contribution is 5.79. The van der Waals surface area contributed by atoms with Gasteiger partial charge in [-0.25, -0.2) is 0 Å². The second kappa shape index (κ2) is 5.41. The van der Waals surface area contributed by atoms with Crippen LogP contribution in [-0.2, 0) is 31.0 Å². The summed E-state index contributed by atoms with van der Waals surface area (Å²) < 4.78 is 0. The summed E-state index contributed by atoms with van der Waals surface area (Å²) in [6.07, 6.45) is 0. The average Bonchev–Trinajstić information content (AvgIpc) is 3.16. The fourth-order valence-electron chi connectivity index (χ4n) is 3.61. The van der Waals surface area contributed by atoms with Crippen LogP contribution in [-0.4, -0.2) is 10.8 Å². The van der Waals surface area contributed by atoms with Gasteiger partial charge >= 0.3 is 0 Å². The molecule has 2 heterocycles. The number of anilines is 1. The van der Waals surface area contributed by atoms with Crippen molar-refractivity contribution in [2.75, 3.05) is 4.90 Å². The predicted molar refractivity (Wildman–Crippen MR) is 91.9 cm³/mol. The van der Waals surface area contributed by atoms with E-state index in [9.17, 15) is 4.79 Å². The highest BCUT2D eigenvalue weighted by Crippen LogP contribution is 2.32. The van der Waals surface area contributed by atoms with E-state index in [1.54, 1.807) is 0 Å². The number of rotatable bonds is 2. The van der Waals surface area contributed by atoms with Crippen molar-refractivity contribution in [3.63, 3.8) is 0 Å². The van der Waals surface area contributed by atoms with E-state index in [4.69, 9.17) is 0 Å². The molecule has 2 aliphatic heterocycles. The van der Waals surface area contributed by atoms with Gasteiger partial charge in [-0.2, -0.15) is 0 Å². The number of hydrogen-bond acceptors (Lipinski definition) is 2. The highest BCUT2D eigenvalue weighted by atomic mass is 16.2. The minimum atomic E-state index is 0.0665. The Kier molecular flexibility index (Phi) is 3.37. The van der Waals surface area contributed by atoms with Crippen LogP contribution in [0, 0.1) is 5.92 Å². The Morgan fingerprint density at radius 3 is 2.13 bits per heavy atom. The second-order valence-corrected chi connectivity index (χ2v) is 6.93. The molecule has 0 aliphatic carbocycles. The molecule has 0 unspecified atom stereocenters. The number of amides is 1. The van der Waals surface area contributed by atoms with Gasteiger partial charge in [-0.05, 0) is 34.4 Å². The first-order valence-corrected chi connectivity index (χ1v) is 8.34. The van der Waals surface area contributed by atoms with Gasteiger partial charge < -0.3 is 9.80 Å². The molecule has 0 radical (unpaired) electrons. The smallest absolute Gasteiger partial charge is 0.225 e. The third-order valence-corrected chi connectivity index (χ3v) is 4.92. The van der Waals surface area contributed by atoms with E-state index < -0.39 is 0 Å². The fraction of sp³-hybridized carbons (Fsp3) is 0.350. The van der Waals surface area contributed by atoms with E-state index in [0.717, 1.165) is 26.2 Å². The molecule has 118 valence electrons. The first-order chi connectivity index (χ1) is 11.1. The SMILES string of the molecule is CC(C)C(=O)N1Cc2ccc(N3Cc4ccccc4C3)cc2C1. The molecule has 3 nitrogen and oxygen atoms in total. The molecular formula is C20H22N2O. The van der Waals surface area contributed by atoms with E-state index in [0.29, 0.717) is 0 Å². The maximum Gasteiger partial charge on any atom is 0.225 e. The topological polar surface area (TPSA) is 23.6 Å². The third-order valence-electron chi connectivity index (χ3n) is 4.92. The number of fused-ring (bicyclic) bond motifs is 2. The van der Waals surface area contributed by atoms with Gasteiger partial charge in [0.05, 0.1) is 0 Å². The summed E-state index contributed by atoms with van der Waals surface area (Å²) in [6.45, 7) is 7.40. The van der Waals surface area contributed by atoms with Crippen LogP contribution in [0.5, 0.6) is 0 Å². The zero-order valence-corrected chi connectivity index (χ0v) is 13.7. The number of hydrogen-bond donors (Lipinski definition) is 0. The van der Waals surface area contributed by atoms with Crippen LogP contribution >= 0.6 is 0 Å². The molecule has 0 N–H and O–H groups in total. The van der Waals surface area contributed by atoms with Crippen molar-refractivity contribution >= 4 is 11.6 Å². The molecule has 0 aromatic heterocycles. The standard InChI is InChI=1S/C20H22N2O/c1-14(2)20(23)22-12-17-7-8-19(9-18(17)13-22)21-10-15-5-3-4-6-16(15)11-21/h3-9,14H,10-13H2,1-2H3. The average molecular weight is 306 g/mol. The molecule has 0 bridgehead atoms. The molecule has 23 heavy (non-hydrogen) atoms. The van der Waals surface area contributed by atoms with Gasteiger partial charge in [-0.15, -0.1) is 0 Å². The zero-order chi connectivity index (χ0) is 16.0. The van der Waals surface area contributed by atoms with Gasteiger partial charge in [0.2, 0.25) is 5.91 Å². The number of nitrogens with zero attached hydrogens (tertiary/aromatic N) is 2. The third kappa shape index (κ3) is 2.50. The van der Waals surface area contributed by atoms with Crippen LogP contribution in [0.25, 0.3) is 0 Å².